The number of thiazole rings is 1. The van der Waals surface area contributed by atoms with Crippen LogP contribution in [0.3, 0.4) is 0 Å². The summed E-state index contributed by atoms with van der Waals surface area (Å²) in [5, 5.41) is 1.98. The highest BCUT2D eigenvalue weighted by molar-refractivity contribution is 7.98. The predicted molar refractivity (Wildman–Crippen MR) is 60.1 cm³/mol. The first kappa shape index (κ1) is 10.1. The molecule has 2 aromatic rings. The van der Waals surface area contributed by atoms with Crippen LogP contribution < -0.4 is 0 Å². The van der Waals surface area contributed by atoms with Gasteiger partial charge in [-0.25, -0.2) is 4.98 Å². The van der Waals surface area contributed by atoms with Crippen LogP contribution in [0.2, 0.25) is 4.47 Å². The van der Waals surface area contributed by atoms with Crippen LogP contribution in [0.25, 0.3) is 0 Å². The normalized spacial score (nSPS) is 10.7. The molecular formula is C9H8ClNOS2. The third-order valence-corrected chi connectivity index (χ3v) is 3.91. The van der Waals surface area contributed by atoms with E-state index in [1.807, 2.05) is 18.4 Å². The van der Waals surface area contributed by atoms with Crippen molar-refractivity contribution in [2.75, 3.05) is 0 Å². The minimum Gasteiger partial charge on any atom is -0.468 e. The van der Waals surface area contributed by atoms with Crippen molar-refractivity contribution in [2.24, 2.45) is 0 Å². The fourth-order valence-electron chi connectivity index (χ4n) is 1.02. The van der Waals surface area contributed by atoms with Crippen LogP contribution in [0.4, 0.5) is 0 Å². The van der Waals surface area contributed by atoms with Crippen molar-refractivity contribution in [3.8, 4) is 0 Å². The molecule has 0 unspecified atom stereocenters. The van der Waals surface area contributed by atoms with Gasteiger partial charge in [0, 0.05) is 16.0 Å². The van der Waals surface area contributed by atoms with E-state index in [1.165, 1.54) is 11.3 Å². The van der Waals surface area contributed by atoms with Crippen LogP contribution in [0, 0.1) is 6.92 Å². The van der Waals surface area contributed by atoms with E-state index >= 15 is 0 Å². The number of hydrogen-bond acceptors (Lipinski definition) is 4. The monoisotopic (exact) mass is 245 g/mol. The Balaban J connectivity index is 1.98. The average molecular weight is 246 g/mol. The molecule has 0 N–H and O–H groups in total. The fourth-order valence-corrected chi connectivity index (χ4v) is 2.76. The number of hydrogen-bond donors (Lipinski definition) is 0. The second-order valence-corrected chi connectivity index (χ2v) is 5.18. The van der Waals surface area contributed by atoms with Gasteiger partial charge in [0.25, 0.3) is 0 Å². The lowest BCUT2D eigenvalue weighted by Gasteiger charge is -1.95. The first-order valence-electron chi connectivity index (χ1n) is 4.02. The number of aryl methyl sites for hydroxylation is 1. The van der Waals surface area contributed by atoms with Crippen LogP contribution in [-0.2, 0) is 5.75 Å². The summed E-state index contributed by atoms with van der Waals surface area (Å²) in [5.74, 6) is 1.79. The van der Waals surface area contributed by atoms with E-state index in [1.54, 1.807) is 18.0 Å². The Hall–Kier alpha value is -0.450. The van der Waals surface area contributed by atoms with Crippen molar-refractivity contribution in [3.05, 3.63) is 33.6 Å². The van der Waals surface area contributed by atoms with E-state index in [0.717, 1.165) is 22.1 Å². The third kappa shape index (κ3) is 2.32. The Morgan fingerprint density at radius 2 is 2.50 bits per heavy atom. The van der Waals surface area contributed by atoms with E-state index in [0.29, 0.717) is 4.47 Å². The quantitative estimate of drug-likeness (QED) is 0.765. The number of halogens is 1. The maximum Gasteiger partial charge on any atom is 0.183 e. The Morgan fingerprint density at radius 3 is 3.07 bits per heavy atom. The molecule has 0 aliphatic heterocycles. The molecule has 0 saturated heterocycles. The van der Waals surface area contributed by atoms with Gasteiger partial charge in [-0.1, -0.05) is 11.6 Å². The van der Waals surface area contributed by atoms with E-state index in [9.17, 15) is 0 Å². The maximum absolute atomic E-state index is 5.73. The summed E-state index contributed by atoms with van der Waals surface area (Å²) in [7, 11) is 0. The Morgan fingerprint density at radius 1 is 1.64 bits per heavy atom. The number of furan rings is 1. The van der Waals surface area contributed by atoms with Crippen LogP contribution >= 0.6 is 34.7 Å². The largest absolute Gasteiger partial charge is 0.468 e. The zero-order valence-corrected chi connectivity index (χ0v) is 9.88. The van der Waals surface area contributed by atoms with Gasteiger partial charge in [0.15, 0.2) is 4.47 Å². The van der Waals surface area contributed by atoms with Gasteiger partial charge in [0.2, 0.25) is 0 Å². The number of rotatable bonds is 3. The smallest absolute Gasteiger partial charge is 0.183 e. The molecule has 0 aromatic carbocycles. The van der Waals surface area contributed by atoms with Crippen molar-refractivity contribution in [2.45, 2.75) is 17.6 Å². The van der Waals surface area contributed by atoms with Gasteiger partial charge in [0.05, 0.1) is 12.0 Å². The van der Waals surface area contributed by atoms with Crippen molar-refractivity contribution in [1.29, 1.82) is 0 Å². The Labute approximate surface area is 95.3 Å². The fraction of sp³-hybridized carbons (Fsp3) is 0.222. The first-order chi connectivity index (χ1) is 6.75. The highest BCUT2D eigenvalue weighted by Crippen LogP contribution is 2.27. The summed E-state index contributed by atoms with van der Waals surface area (Å²) in [4.78, 5) is 5.33. The summed E-state index contributed by atoms with van der Waals surface area (Å²) in [6.07, 6.45) is 1.70. The average Bonchev–Trinajstić information content (AvgIpc) is 2.72. The van der Waals surface area contributed by atoms with Crippen LogP contribution in [0.1, 0.15) is 11.5 Å². The molecule has 0 radical (unpaired) electrons. The molecule has 0 aliphatic carbocycles. The maximum atomic E-state index is 5.73. The zero-order valence-electron chi connectivity index (χ0n) is 7.49. The number of aromatic nitrogens is 1. The lowest BCUT2D eigenvalue weighted by molar-refractivity contribution is 0.527. The Kier molecular flexibility index (Phi) is 3.15. The molecule has 0 fully saturated rings. The minimum atomic E-state index is 0.601. The molecule has 0 amide bonds. The second-order valence-electron chi connectivity index (χ2n) is 2.72. The van der Waals surface area contributed by atoms with Gasteiger partial charge in [-0.15, -0.1) is 23.1 Å². The zero-order chi connectivity index (χ0) is 9.97. The SMILES string of the molecule is Cc1occc1SCc1csc(Cl)n1. The van der Waals surface area contributed by atoms with E-state index in [2.05, 4.69) is 4.98 Å². The van der Waals surface area contributed by atoms with Crippen LogP contribution in [-0.4, -0.2) is 4.98 Å². The highest BCUT2D eigenvalue weighted by atomic mass is 35.5. The van der Waals surface area contributed by atoms with Crippen molar-refractivity contribution in [3.63, 3.8) is 0 Å². The van der Waals surface area contributed by atoms with Gasteiger partial charge in [-0.3, -0.25) is 0 Å². The molecule has 5 heteroatoms. The summed E-state index contributed by atoms with van der Waals surface area (Å²) < 4.78 is 5.79. The van der Waals surface area contributed by atoms with E-state index in [4.69, 9.17) is 16.0 Å². The van der Waals surface area contributed by atoms with Crippen molar-refractivity contribution < 1.29 is 4.42 Å². The topological polar surface area (TPSA) is 26.0 Å². The van der Waals surface area contributed by atoms with Gasteiger partial charge in [-0.05, 0) is 13.0 Å². The van der Waals surface area contributed by atoms with Gasteiger partial charge < -0.3 is 4.42 Å². The molecule has 0 bridgehead atoms. The molecule has 74 valence electrons. The summed E-state index contributed by atoms with van der Waals surface area (Å²) in [5.41, 5.74) is 1.02. The molecule has 0 spiro atoms. The van der Waals surface area contributed by atoms with E-state index in [-0.39, 0.29) is 0 Å². The molecule has 14 heavy (non-hydrogen) atoms. The van der Waals surface area contributed by atoms with Crippen molar-refractivity contribution in [1.82, 2.24) is 4.98 Å². The molecule has 2 aromatic heterocycles. The van der Waals surface area contributed by atoms with E-state index < -0.39 is 0 Å². The lowest BCUT2D eigenvalue weighted by atomic mass is 10.5. The Bertz CT molecular complexity index is 424. The molecule has 2 nitrogen and oxygen atoms in total. The standard InChI is InChI=1S/C9H8ClNOS2/c1-6-8(2-3-12-6)13-4-7-5-14-9(10)11-7/h2-3,5H,4H2,1H3. The molecule has 2 heterocycles. The molecular weight excluding hydrogens is 238 g/mol. The van der Waals surface area contributed by atoms with Gasteiger partial charge >= 0.3 is 0 Å². The predicted octanol–water partition coefficient (Wildman–Crippen LogP) is 3.99. The second kappa shape index (κ2) is 4.38. The highest BCUT2D eigenvalue weighted by Gasteiger charge is 2.04. The summed E-state index contributed by atoms with van der Waals surface area (Å²) in [6, 6.07) is 1.97. The first-order valence-corrected chi connectivity index (χ1v) is 6.27. The summed E-state index contributed by atoms with van der Waals surface area (Å²) in [6.45, 7) is 1.95. The lowest BCUT2D eigenvalue weighted by Crippen LogP contribution is -1.79. The molecule has 0 aliphatic rings. The number of nitrogens with zero attached hydrogens (tertiary/aromatic N) is 1. The molecule has 0 atom stereocenters. The van der Waals surface area contributed by atoms with Gasteiger partial charge in [0.1, 0.15) is 5.76 Å². The van der Waals surface area contributed by atoms with Crippen LogP contribution in [0.5, 0.6) is 0 Å². The third-order valence-electron chi connectivity index (χ3n) is 1.71. The van der Waals surface area contributed by atoms with Crippen molar-refractivity contribution >= 4 is 34.7 Å². The molecule has 2 rings (SSSR count). The van der Waals surface area contributed by atoms with Gasteiger partial charge in [-0.2, -0.15) is 0 Å². The molecule has 0 saturated carbocycles. The summed E-state index contributed by atoms with van der Waals surface area (Å²) >= 11 is 8.91. The van der Waals surface area contributed by atoms with Crippen LogP contribution in [0.15, 0.2) is 27.0 Å². The minimum absolute atomic E-state index is 0.601. The number of thioether (sulfide) groups is 1.